The number of nitrogens with zero attached hydrogens (tertiary/aromatic N) is 1. The SMILES string of the molecule is CCN(CC1(C=O)CCOC1)c1ccc(F)cc1. The van der Waals surface area contributed by atoms with Crippen molar-refractivity contribution in [3.8, 4) is 0 Å². The Morgan fingerprint density at radius 2 is 2.17 bits per heavy atom. The molecular weight excluding hydrogens is 233 g/mol. The van der Waals surface area contributed by atoms with E-state index in [2.05, 4.69) is 4.90 Å². The average molecular weight is 251 g/mol. The Labute approximate surface area is 107 Å². The maximum atomic E-state index is 12.9. The molecule has 0 saturated carbocycles. The average Bonchev–Trinajstić information content (AvgIpc) is 2.86. The van der Waals surface area contributed by atoms with Crippen molar-refractivity contribution in [2.45, 2.75) is 13.3 Å². The fourth-order valence-electron chi connectivity index (χ4n) is 2.30. The van der Waals surface area contributed by atoms with Gasteiger partial charge in [0.05, 0.1) is 12.0 Å². The normalized spacial score (nSPS) is 23.0. The summed E-state index contributed by atoms with van der Waals surface area (Å²) in [7, 11) is 0. The Balaban J connectivity index is 2.13. The molecule has 0 radical (unpaired) electrons. The second kappa shape index (κ2) is 5.48. The van der Waals surface area contributed by atoms with Crippen molar-refractivity contribution in [3.63, 3.8) is 0 Å². The van der Waals surface area contributed by atoms with Crippen LogP contribution in [0.15, 0.2) is 24.3 Å². The summed E-state index contributed by atoms with van der Waals surface area (Å²) in [6.07, 6.45) is 1.76. The van der Waals surface area contributed by atoms with Gasteiger partial charge in [-0.05, 0) is 37.6 Å². The number of carbonyl (C=O) groups excluding carboxylic acids is 1. The number of aldehydes is 1. The number of carbonyl (C=O) groups is 1. The van der Waals surface area contributed by atoms with Crippen LogP contribution in [0, 0.1) is 11.2 Å². The van der Waals surface area contributed by atoms with E-state index >= 15 is 0 Å². The molecule has 0 aliphatic carbocycles. The molecule has 1 aromatic rings. The Morgan fingerprint density at radius 1 is 1.44 bits per heavy atom. The van der Waals surface area contributed by atoms with E-state index in [-0.39, 0.29) is 5.82 Å². The first kappa shape index (κ1) is 13.0. The van der Waals surface area contributed by atoms with E-state index in [0.717, 1.165) is 24.9 Å². The lowest BCUT2D eigenvalue weighted by atomic mass is 9.88. The zero-order chi connectivity index (χ0) is 13.0. The number of benzene rings is 1. The van der Waals surface area contributed by atoms with Gasteiger partial charge in [0.1, 0.15) is 12.1 Å². The third-order valence-corrected chi connectivity index (χ3v) is 3.46. The molecule has 0 bridgehead atoms. The number of anilines is 1. The van der Waals surface area contributed by atoms with Crippen LogP contribution in [0.3, 0.4) is 0 Å². The molecule has 1 heterocycles. The van der Waals surface area contributed by atoms with Crippen LogP contribution in [0.2, 0.25) is 0 Å². The maximum absolute atomic E-state index is 12.9. The van der Waals surface area contributed by atoms with Gasteiger partial charge in [-0.2, -0.15) is 0 Å². The van der Waals surface area contributed by atoms with Gasteiger partial charge in [-0.1, -0.05) is 0 Å². The third-order valence-electron chi connectivity index (χ3n) is 3.46. The number of halogens is 1. The van der Waals surface area contributed by atoms with Gasteiger partial charge < -0.3 is 14.4 Å². The fraction of sp³-hybridized carbons (Fsp3) is 0.500. The lowest BCUT2D eigenvalue weighted by Crippen LogP contribution is -2.39. The molecule has 3 nitrogen and oxygen atoms in total. The van der Waals surface area contributed by atoms with Gasteiger partial charge in [0.15, 0.2) is 0 Å². The topological polar surface area (TPSA) is 29.5 Å². The van der Waals surface area contributed by atoms with E-state index in [1.807, 2.05) is 6.92 Å². The monoisotopic (exact) mass is 251 g/mol. The van der Waals surface area contributed by atoms with Crippen LogP contribution in [0.5, 0.6) is 0 Å². The summed E-state index contributed by atoms with van der Waals surface area (Å²) in [4.78, 5) is 13.4. The van der Waals surface area contributed by atoms with E-state index in [4.69, 9.17) is 4.74 Å². The Hall–Kier alpha value is -1.42. The molecule has 1 fully saturated rings. The molecule has 0 spiro atoms. The van der Waals surface area contributed by atoms with Crippen molar-refractivity contribution >= 4 is 12.0 Å². The standard InChI is InChI=1S/C14H18FNO2/c1-2-16(13-5-3-12(15)4-6-13)9-14(10-17)7-8-18-11-14/h3-6,10H,2,7-9,11H2,1H3. The Morgan fingerprint density at radius 3 is 2.67 bits per heavy atom. The predicted octanol–water partition coefficient (Wildman–Crippen LogP) is 2.26. The van der Waals surface area contributed by atoms with Gasteiger partial charge in [0, 0.05) is 25.4 Å². The fourth-order valence-corrected chi connectivity index (χ4v) is 2.30. The molecule has 1 aliphatic heterocycles. The highest BCUT2D eigenvalue weighted by molar-refractivity contribution is 5.62. The van der Waals surface area contributed by atoms with Crippen molar-refractivity contribution in [1.29, 1.82) is 0 Å². The molecule has 1 atom stereocenters. The number of hydrogen-bond acceptors (Lipinski definition) is 3. The van der Waals surface area contributed by atoms with Crippen molar-refractivity contribution in [2.24, 2.45) is 5.41 Å². The van der Waals surface area contributed by atoms with Crippen molar-refractivity contribution in [3.05, 3.63) is 30.1 Å². The van der Waals surface area contributed by atoms with Crippen LogP contribution in [0.4, 0.5) is 10.1 Å². The molecule has 1 aromatic carbocycles. The van der Waals surface area contributed by atoms with Crippen LogP contribution in [-0.4, -0.2) is 32.6 Å². The first-order valence-corrected chi connectivity index (χ1v) is 6.24. The number of ether oxygens (including phenoxy) is 1. The molecule has 18 heavy (non-hydrogen) atoms. The molecule has 4 heteroatoms. The molecule has 1 unspecified atom stereocenters. The minimum Gasteiger partial charge on any atom is -0.380 e. The predicted molar refractivity (Wildman–Crippen MR) is 68.2 cm³/mol. The molecule has 98 valence electrons. The van der Waals surface area contributed by atoms with Gasteiger partial charge in [-0.15, -0.1) is 0 Å². The molecule has 0 amide bonds. The lowest BCUT2D eigenvalue weighted by Gasteiger charge is -2.31. The largest absolute Gasteiger partial charge is 0.380 e. The van der Waals surface area contributed by atoms with Gasteiger partial charge in [0.2, 0.25) is 0 Å². The minimum atomic E-state index is -0.412. The smallest absolute Gasteiger partial charge is 0.130 e. The van der Waals surface area contributed by atoms with Gasteiger partial charge in [-0.3, -0.25) is 0 Å². The van der Waals surface area contributed by atoms with Gasteiger partial charge in [0.25, 0.3) is 0 Å². The summed E-state index contributed by atoms with van der Waals surface area (Å²) in [6.45, 7) is 4.55. The minimum absolute atomic E-state index is 0.246. The lowest BCUT2D eigenvalue weighted by molar-refractivity contribution is -0.115. The van der Waals surface area contributed by atoms with E-state index in [0.29, 0.717) is 19.8 Å². The van der Waals surface area contributed by atoms with Gasteiger partial charge in [-0.25, -0.2) is 4.39 Å². The van der Waals surface area contributed by atoms with E-state index in [9.17, 15) is 9.18 Å². The Kier molecular flexibility index (Phi) is 3.97. The highest BCUT2D eigenvalue weighted by Crippen LogP contribution is 2.29. The second-order valence-corrected chi connectivity index (χ2v) is 4.77. The zero-order valence-electron chi connectivity index (χ0n) is 10.6. The first-order valence-electron chi connectivity index (χ1n) is 6.24. The quantitative estimate of drug-likeness (QED) is 0.752. The maximum Gasteiger partial charge on any atom is 0.130 e. The molecular formula is C14H18FNO2. The highest BCUT2D eigenvalue weighted by atomic mass is 19.1. The van der Waals surface area contributed by atoms with Crippen LogP contribution in [0.25, 0.3) is 0 Å². The molecule has 1 aliphatic rings. The summed E-state index contributed by atoms with van der Waals surface area (Å²) < 4.78 is 18.2. The van der Waals surface area contributed by atoms with E-state index < -0.39 is 5.41 Å². The summed E-state index contributed by atoms with van der Waals surface area (Å²) in [5.74, 6) is -0.246. The summed E-state index contributed by atoms with van der Waals surface area (Å²) >= 11 is 0. The van der Waals surface area contributed by atoms with Crippen molar-refractivity contribution in [1.82, 2.24) is 0 Å². The summed E-state index contributed by atoms with van der Waals surface area (Å²) in [5, 5.41) is 0. The molecule has 0 aromatic heterocycles. The van der Waals surface area contributed by atoms with Crippen LogP contribution >= 0.6 is 0 Å². The van der Waals surface area contributed by atoms with Crippen molar-refractivity contribution < 1.29 is 13.9 Å². The summed E-state index contributed by atoms with van der Waals surface area (Å²) in [6, 6.07) is 6.37. The summed E-state index contributed by atoms with van der Waals surface area (Å²) in [5.41, 5.74) is 0.525. The number of rotatable bonds is 5. The van der Waals surface area contributed by atoms with Crippen LogP contribution in [0.1, 0.15) is 13.3 Å². The molecule has 0 N–H and O–H groups in total. The Bertz CT molecular complexity index is 399. The zero-order valence-corrected chi connectivity index (χ0v) is 10.6. The highest BCUT2D eigenvalue weighted by Gasteiger charge is 2.36. The second-order valence-electron chi connectivity index (χ2n) is 4.77. The van der Waals surface area contributed by atoms with Gasteiger partial charge >= 0.3 is 0 Å². The van der Waals surface area contributed by atoms with Crippen LogP contribution < -0.4 is 4.90 Å². The third kappa shape index (κ3) is 2.70. The molecule has 2 rings (SSSR count). The first-order chi connectivity index (χ1) is 8.69. The van der Waals surface area contributed by atoms with Crippen molar-refractivity contribution in [2.75, 3.05) is 31.2 Å². The van der Waals surface area contributed by atoms with E-state index in [1.54, 1.807) is 12.1 Å². The van der Waals surface area contributed by atoms with E-state index in [1.165, 1.54) is 12.1 Å². The number of hydrogen-bond donors (Lipinski definition) is 0. The van der Waals surface area contributed by atoms with Crippen LogP contribution in [-0.2, 0) is 9.53 Å². The molecule has 1 saturated heterocycles.